The van der Waals surface area contributed by atoms with Crippen LogP contribution in [0.15, 0.2) is 41.8 Å². The summed E-state index contributed by atoms with van der Waals surface area (Å²) in [7, 11) is 0. The van der Waals surface area contributed by atoms with E-state index >= 15 is 0 Å². The third-order valence-corrected chi connectivity index (χ3v) is 6.07. The molecule has 1 aliphatic heterocycles. The summed E-state index contributed by atoms with van der Waals surface area (Å²) in [6.07, 6.45) is 4.73. The van der Waals surface area contributed by atoms with Crippen molar-refractivity contribution < 1.29 is 9.53 Å². The minimum Gasteiger partial charge on any atom is -0.494 e. The van der Waals surface area contributed by atoms with Gasteiger partial charge in [-0.05, 0) is 80.8 Å². The van der Waals surface area contributed by atoms with E-state index in [2.05, 4.69) is 40.5 Å². The van der Waals surface area contributed by atoms with E-state index in [1.54, 1.807) is 11.3 Å². The van der Waals surface area contributed by atoms with Crippen molar-refractivity contribution >= 4 is 17.2 Å². The van der Waals surface area contributed by atoms with Crippen molar-refractivity contribution in [3.63, 3.8) is 0 Å². The van der Waals surface area contributed by atoms with E-state index in [4.69, 9.17) is 4.74 Å². The summed E-state index contributed by atoms with van der Waals surface area (Å²) in [5, 5.41) is 5.06. The van der Waals surface area contributed by atoms with Gasteiger partial charge in [0.2, 0.25) is 5.91 Å². The molecule has 2 aromatic rings. The van der Waals surface area contributed by atoms with E-state index < -0.39 is 0 Å². The van der Waals surface area contributed by atoms with E-state index in [-0.39, 0.29) is 5.91 Å². The number of likely N-dealkylation sites (tertiary alicyclic amines) is 1. The van der Waals surface area contributed by atoms with Crippen LogP contribution in [0.5, 0.6) is 5.75 Å². The van der Waals surface area contributed by atoms with Crippen LogP contribution in [0.25, 0.3) is 0 Å². The molecular weight excluding hydrogens is 356 g/mol. The minimum atomic E-state index is 0.135. The molecular formula is C22H30N2O2S. The third-order valence-electron chi connectivity index (χ3n) is 5.19. The maximum absolute atomic E-state index is 12.1. The van der Waals surface area contributed by atoms with Gasteiger partial charge in [0.15, 0.2) is 0 Å². The van der Waals surface area contributed by atoms with Gasteiger partial charge in [0, 0.05) is 4.88 Å². The number of nitrogens with one attached hydrogen (secondary N) is 1. The number of piperidine rings is 1. The fraction of sp³-hybridized carbons (Fsp3) is 0.500. The van der Waals surface area contributed by atoms with Crippen molar-refractivity contribution in [1.29, 1.82) is 0 Å². The lowest BCUT2D eigenvalue weighted by atomic mass is 9.90. The van der Waals surface area contributed by atoms with Crippen molar-refractivity contribution in [1.82, 2.24) is 10.2 Å². The standard InChI is InChI=1S/C22H30N2O2S/c1-2-26-20-9-7-18(8-10-20)5-6-19-11-13-24(14-12-19)17-22(25)23-16-21-4-3-15-27-21/h3-4,7-10,15,19H,2,5-6,11-14,16-17H2,1H3,(H,23,25). The topological polar surface area (TPSA) is 41.6 Å². The normalized spacial score (nSPS) is 15.6. The van der Waals surface area contributed by atoms with Gasteiger partial charge >= 0.3 is 0 Å². The molecule has 0 saturated carbocycles. The number of hydrogen-bond donors (Lipinski definition) is 1. The number of ether oxygens (including phenoxy) is 1. The van der Waals surface area contributed by atoms with Gasteiger partial charge in [-0.15, -0.1) is 11.3 Å². The molecule has 1 aromatic heterocycles. The highest BCUT2D eigenvalue weighted by atomic mass is 32.1. The largest absolute Gasteiger partial charge is 0.494 e. The average Bonchev–Trinajstić information content (AvgIpc) is 3.21. The fourth-order valence-electron chi connectivity index (χ4n) is 3.58. The van der Waals surface area contributed by atoms with Crippen molar-refractivity contribution in [3.05, 3.63) is 52.2 Å². The van der Waals surface area contributed by atoms with Gasteiger partial charge in [0.25, 0.3) is 0 Å². The first-order valence-electron chi connectivity index (χ1n) is 9.96. The Hall–Kier alpha value is -1.85. The molecule has 0 aliphatic carbocycles. The van der Waals surface area contributed by atoms with E-state index in [0.717, 1.165) is 31.2 Å². The van der Waals surface area contributed by atoms with Gasteiger partial charge < -0.3 is 10.1 Å². The van der Waals surface area contributed by atoms with Crippen LogP contribution in [-0.2, 0) is 17.8 Å². The van der Waals surface area contributed by atoms with Crippen LogP contribution in [0.3, 0.4) is 0 Å². The molecule has 0 radical (unpaired) electrons. The minimum absolute atomic E-state index is 0.135. The number of benzene rings is 1. The van der Waals surface area contributed by atoms with Gasteiger partial charge in [-0.25, -0.2) is 0 Å². The molecule has 27 heavy (non-hydrogen) atoms. The lowest BCUT2D eigenvalue weighted by molar-refractivity contribution is -0.122. The second-order valence-electron chi connectivity index (χ2n) is 7.19. The molecule has 1 saturated heterocycles. The quantitative estimate of drug-likeness (QED) is 0.705. The average molecular weight is 387 g/mol. The number of hydrogen-bond acceptors (Lipinski definition) is 4. The zero-order chi connectivity index (χ0) is 18.9. The molecule has 1 aliphatic rings. The number of amides is 1. The Balaban J connectivity index is 1.32. The first kappa shape index (κ1) is 19.9. The van der Waals surface area contributed by atoms with Crippen molar-refractivity contribution in [2.24, 2.45) is 5.92 Å². The first-order valence-corrected chi connectivity index (χ1v) is 10.8. The van der Waals surface area contributed by atoms with Gasteiger partial charge in [0.1, 0.15) is 5.75 Å². The molecule has 146 valence electrons. The van der Waals surface area contributed by atoms with Crippen LogP contribution in [-0.4, -0.2) is 37.0 Å². The number of carbonyl (C=O) groups excluding carboxylic acids is 1. The van der Waals surface area contributed by atoms with E-state index in [1.165, 1.54) is 29.7 Å². The van der Waals surface area contributed by atoms with Crippen LogP contribution in [0.4, 0.5) is 0 Å². The van der Waals surface area contributed by atoms with Gasteiger partial charge in [0.05, 0.1) is 19.7 Å². The molecule has 4 nitrogen and oxygen atoms in total. The SMILES string of the molecule is CCOc1ccc(CCC2CCN(CC(=O)NCc3cccs3)CC2)cc1. The molecule has 1 aromatic carbocycles. The highest BCUT2D eigenvalue weighted by molar-refractivity contribution is 7.09. The summed E-state index contributed by atoms with van der Waals surface area (Å²) < 4.78 is 5.50. The summed E-state index contributed by atoms with van der Waals surface area (Å²) in [6, 6.07) is 12.6. The summed E-state index contributed by atoms with van der Waals surface area (Å²) in [4.78, 5) is 15.6. The molecule has 2 heterocycles. The summed E-state index contributed by atoms with van der Waals surface area (Å²) in [5.74, 6) is 1.85. The predicted octanol–water partition coefficient (Wildman–Crippen LogP) is 4.11. The van der Waals surface area contributed by atoms with Crippen LogP contribution in [0.2, 0.25) is 0 Å². The van der Waals surface area contributed by atoms with Crippen molar-refractivity contribution in [2.45, 2.75) is 39.2 Å². The highest BCUT2D eigenvalue weighted by Gasteiger charge is 2.20. The van der Waals surface area contributed by atoms with E-state index in [1.807, 2.05) is 18.4 Å². The van der Waals surface area contributed by atoms with Gasteiger partial charge in [-0.1, -0.05) is 18.2 Å². The zero-order valence-electron chi connectivity index (χ0n) is 16.2. The van der Waals surface area contributed by atoms with Crippen LogP contribution in [0.1, 0.15) is 36.6 Å². The molecule has 0 atom stereocenters. The maximum Gasteiger partial charge on any atom is 0.234 e. The molecule has 1 N–H and O–H groups in total. The summed E-state index contributed by atoms with van der Waals surface area (Å²) >= 11 is 1.68. The van der Waals surface area contributed by atoms with Gasteiger partial charge in [-0.3, -0.25) is 9.69 Å². The smallest absolute Gasteiger partial charge is 0.234 e. The number of nitrogens with zero attached hydrogens (tertiary/aromatic N) is 1. The number of rotatable bonds is 9. The van der Waals surface area contributed by atoms with E-state index in [0.29, 0.717) is 19.7 Å². The summed E-state index contributed by atoms with van der Waals surface area (Å²) in [6.45, 7) is 5.95. The Morgan fingerprint density at radius 2 is 2.00 bits per heavy atom. The lowest BCUT2D eigenvalue weighted by Gasteiger charge is -2.31. The molecule has 0 unspecified atom stereocenters. The molecule has 0 bridgehead atoms. The van der Waals surface area contributed by atoms with Crippen LogP contribution >= 0.6 is 11.3 Å². The molecule has 0 spiro atoms. The molecule has 5 heteroatoms. The Morgan fingerprint density at radius 3 is 2.67 bits per heavy atom. The fourth-order valence-corrected chi connectivity index (χ4v) is 4.23. The van der Waals surface area contributed by atoms with Crippen LogP contribution < -0.4 is 10.1 Å². The number of carbonyl (C=O) groups is 1. The van der Waals surface area contributed by atoms with Gasteiger partial charge in [-0.2, -0.15) is 0 Å². The highest BCUT2D eigenvalue weighted by Crippen LogP contribution is 2.23. The maximum atomic E-state index is 12.1. The second-order valence-corrected chi connectivity index (χ2v) is 8.22. The Kier molecular flexibility index (Phi) is 7.72. The van der Waals surface area contributed by atoms with Crippen LogP contribution in [0, 0.1) is 5.92 Å². The third kappa shape index (κ3) is 6.67. The number of aryl methyl sites for hydroxylation is 1. The molecule has 3 rings (SSSR count). The predicted molar refractivity (Wildman–Crippen MR) is 111 cm³/mol. The molecule has 1 amide bonds. The Bertz CT molecular complexity index is 677. The Labute approximate surface area is 166 Å². The monoisotopic (exact) mass is 386 g/mol. The summed E-state index contributed by atoms with van der Waals surface area (Å²) in [5.41, 5.74) is 1.38. The number of thiophene rings is 1. The molecule has 1 fully saturated rings. The van der Waals surface area contributed by atoms with Crippen molar-refractivity contribution in [3.8, 4) is 5.75 Å². The Morgan fingerprint density at radius 1 is 1.22 bits per heavy atom. The zero-order valence-corrected chi connectivity index (χ0v) is 17.0. The van der Waals surface area contributed by atoms with E-state index in [9.17, 15) is 4.79 Å². The van der Waals surface area contributed by atoms with Crippen molar-refractivity contribution in [2.75, 3.05) is 26.2 Å². The second kappa shape index (κ2) is 10.5. The lowest BCUT2D eigenvalue weighted by Crippen LogP contribution is -2.41. The first-order chi connectivity index (χ1) is 13.2.